The highest BCUT2D eigenvalue weighted by molar-refractivity contribution is 7.57. The number of hydrogen-bond donors (Lipinski definition) is 3. The van der Waals surface area contributed by atoms with Crippen LogP contribution < -0.4 is 22.3 Å². The van der Waals surface area contributed by atoms with Crippen molar-refractivity contribution in [2.45, 2.75) is 31.5 Å². The molecule has 4 rings (SSSR count). The van der Waals surface area contributed by atoms with E-state index in [1.807, 2.05) is 28.9 Å². The van der Waals surface area contributed by atoms with Gasteiger partial charge in [-0.2, -0.15) is 0 Å². The molecule has 9 nitrogen and oxygen atoms in total. The maximum absolute atomic E-state index is 6.30. The van der Waals surface area contributed by atoms with Crippen LogP contribution in [0.25, 0.3) is 11.2 Å². The lowest BCUT2D eigenvalue weighted by Gasteiger charge is -2.30. The summed E-state index contributed by atoms with van der Waals surface area (Å²) in [5, 5.41) is 1.48. The lowest BCUT2D eigenvalue weighted by atomic mass is 10.00. The third-order valence-corrected chi connectivity index (χ3v) is 7.94. The van der Waals surface area contributed by atoms with Crippen LogP contribution >= 0.6 is 7.92 Å². The molecule has 1 fully saturated rings. The number of anilines is 2. The molecule has 0 amide bonds. The third kappa shape index (κ3) is 4.84. The van der Waals surface area contributed by atoms with Crippen molar-refractivity contribution in [1.82, 2.24) is 19.4 Å². The number of nitrogens with zero attached hydrogens (tertiary/aromatic N) is 6. The molecule has 1 aliphatic carbocycles. The van der Waals surface area contributed by atoms with Gasteiger partial charge in [0.15, 0.2) is 11.6 Å². The molecule has 0 aromatic carbocycles. The van der Waals surface area contributed by atoms with E-state index in [0.29, 0.717) is 23.6 Å². The van der Waals surface area contributed by atoms with Gasteiger partial charge in [0.05, 0.1) is 24.7 Å². The minimum absolute atomic E-state index is 0.0756. The number of hydrazine groups is 1. The van der Waals surface area contributed by atoms with Crippen molar-refractivity contribution in [3.8, 4) is 0 Å². The van der Waals surface area contributed by atoms with Crippen LogP contribution in [-0.2, 0) is 6.54 Å². The first-order chi connectivity index (χ1) is 15.0. The molecule has 162 valence electrons. The fourth-order valence-electron chi connectivity index (χ4n) is 3.48. The lowest BCUT2D eigenvalue weighted by molar-refractivity contribution is 0.514. The molecular weight excluding hydrogens is 409 g/mol. The number of aliphatic imine (C=N–C) groups is 1. The molecule has 3 aromatic heterocycles. The highest BCUT2D eigenvalue weighted by Crippen LogP contribution is 2.47. The zero-order valence-electron chi connectivity index (χ0n) is 17.6. The summed E-state index contributed by atoms with van der Waals surface area (Å²) < 4.78 is 1.94. The molecule has 10 heteroatoms. The highest BCUT2D eigenvalue weighted by Gasteiger charge is 2.22. The van der Waals surface area contributed by atoms with E-state index in [0.717, 1.165) is 23.2 Å². The first-order valence-corrected chi connectivity index (χ1v) is 12.3. The van der Waals surface area contributed by atoms with Gasteiger partial charge < -0.3 is 15.9 Å². The molecule has 0 bridgehead atoms. The van der Waals surface area contributed by atoms with Crippen molar-refractivity contribution in [1.29, 1.82) is 0 Å². The Hall–Kier alpha value is -3.03. The maximum Gasteiger partial charge on any atom is 0.186 e. The van der Waals surface area contributed by atoms with Crippen LogP contribution in [0.3, 0.4) is 0 Å². The fraction of sp³-hybridized carbons (Fsp3) is 0.333. The van der Waals surface area contributed by atoms with Crippen molar-refractivity contribution in [3.63, 3.8) is 0 Å². The van der Waals surface area contributed by atoms with Crippen LogP contribution in [0.1, 0.15) is 30.5 Å². The second-order valence-electron chi connectivity index (χ2n) is 7.74. The summed E-state index contributed by atoms with van der Waals surface area (Å²) in [6.07, 6.45) is 15.3. The Kier molecular flexibility index (Phi) is 6.44. The van der Waals surface area contributed by atoms with Gasteiger partial charge in [0, 0.05) is 36.6 Å². The van der Waals surface area contributed by atoms with Gasteiger partial charge in [-0.25, -0.2) is 20.8 Å². The van der Waals surface area contributed by atoms with Crippen LogP contribution in [0.15, 0.2) is 48.1 Å². The Morgan fingerprint density at radius 2 is 2.19 bits per heavy atom. The smallest absolute Gasteiger partial charge is 0.186 e. The summed E-state index contributed by atoms with van der Waals surface area (Å²) in [6.45, 7) is 2.73. The van der Waals surface area contributed by atoms with E-state index in [1.165, 1.54) is 30.5 Å². The van der Waals surface area contributed by atoms with Crippen molar-refractivity contribution in [2.75, 3.05) is 23.7 Å². The second-order valence-corrected chi connectivity index (χ2v) is 10.3. The van der Waals surface area contributed by atoms with E-state index >= 15 is 0 Å². The maximum atomic E-state index is 6.30. The molecule has 1 aliphatic rings. The molecular formula is C21H28N9P. The average Bonchev–Trinajstić information content (AvgIpc) is 3.18. The number of fused-ring (bicyclic) bond motifs is 1. The summed E-state index contributed by atoms with van der Waals surface area (Å²) in [5.41, 5.74) is 15.9. The number of allylic oxidation sites excluding steroid dienone is 1. The molecule has 0 radical (unpaired) electrons. The number of hydrogen-bond acceptors (Lipinski definition) is 8. The molecule has 31 heavy (non-hydrogen) atoms. The van der Waals surface area contributed by atoms with E-state index in [4.69, 9.17) is 17.3 Å². The van der Waals surface area contributed by atoms with Gasteiger partial charge in [0.1, 0.15) is 5.65 Å². The average molecular weight is 437 g/mol. The van der Waals surface area contributed by atoms with E-state index in [9.17, 15) is 0 Å². The molecule has 6 N–H and O–H groups in total. The standard InChI is InChI=1S/C21H28N9P/c1-31(17-3-2-4-17)14-25-10-16(9-22)18-11-27-20(23)21(28-18)30(24)13-15-5-6-19-26-7-8-29(19)12-15/h5-12,17H,2-4,13-14,22,24H2,1H3,(H2,23,27). The quantitative estimate of drug-likeness (QED) is 0.213. The van der Waals surface area contributed by atoms with E-state index in [1.54, 1.807) is 18.6 Å². The van der Waals surface area contributed by atoms with Gasteiger partial charge in [0.2, 0.25) is 0 Å². The number of nitrogen functional groups attached to an aromatic ring is 1. The van der Waals surface area contributed by atoms with Crippen LogP contribution in [0.4, 0.5) is 11.6 Å². The molecule has 1 saturated carbocycles. The molecule has 3 aromatic rings. The predicted molar refractivity (Wildman–Crippen MR) is 128 cm³/mol. The molecule has 0 saturated heterocycles. The Morgan fingerprint density at radius 1 is 1.35 bits per heavy atom. The molecule has 1 unspecified atom stereocenters. The van der Waals surface area contributed by atoms with E-state index in [-0.39, 0.29) is 13.7 Å². The van der Waals surface area contributed by atoms with Crippen molar-refractivity contribution >= 4 is 37.0 Å². The summed E-state index contributed by atoms with van der Waals surface area (Å²) >= 11 is 0. The first-order valence-electron chi connectivity index (χ1n) is 10.2. The number of nitrogens with two attached hydrogens (primary N) is 3. The normalized spacial score (nSPS) is 16.0. The lowest BCUT2D eigenvalue weighted by Crippen LogP contribution is -2.32. The zero-order chi connectivity index (χ0) is 21.8. The number of rotatable bonds is 8. The molecule has 0 spiro atoms. The van der Waals surface area contributed by atoms with Gasteiger partial charge in [0.25, 0.3) is 0 Å². The van der Waals surface area contributed by atoms with Crippen LogP contribution in [-0.4, -0.2) is 44.2 Å². The Balaban J connectivity index is 1.48. The monoisotopic (exact) mass is 437 g/mol. The van der Waals surface area contributed by atoms with Crippen molar-refractivity contribution in [3.05, 3.63) is 54.4 Å². The molecule has 0 aliphatic heterocycles. The van der Waals surface area contributed by atoms with Crippen LogP contribution in [0, 0.1) is 0 Å². The summed E-state index contributed by atoms with van der Waals surface area (Å²) in [5.74, 6) is 6.94. The summed E-state index contributed by atoms with van der Waals surface area (Å²) in [6, 6.07) is 3.91. The number of aromatic nitrogens is 4. The Labute approximate surface area is 182 Å². The van der Waals surface area contributed by atoms with Crippen molar-refractivity contribution < 1.29 is 0 Å². The minimum Gasteiger partial charge on any atom is -0.404 e. The Bertz CT molecular complexity index is 1100. The zero-order valence-corrected chi connectivity index (χ0v) is 18.5. The summed E-state index contributed by atoms with van der Waals surface area (Å²) in [7, 11) is -0.0756. The fourth-order valence-corrected chi connectivity index (χ4v) is 5.29. The summed E-state index contributed by atoms with van der Waals surface area (Å²) in [4.78, 5) is 17.7. The van der Waals surface area contributed by atoms with Gasteiger partial charge >= 0.3 is 0 Å². The third-order valence-electron chi connectivity index (χ3n) is 5.56. The largest absolute Gasteiger partial charge is 0.404 e. The van der Waals surface area contributed by atoms with Crippen LogP contribution in [0.2, 0.25) is 0 Å². The SMILES string of the molecule is CP(CN=CC(=CN)c1cnc(N)c(N(N)Cc2ccc3nccn3c2)n1)C1CCC1. The van der Waals surface area contributed by atoms with Crippen molar-refractivity contribution in [2.24, 2.45) is 16.6 Å². The minimum atomic E-state index is -0.0756. The first kappa shape index (κ1) is 21.2. The highest BCUT2D eigenvalue weighted by atomic mass is 31.1. The topological polar surface area (TPSA) is 137 Å². The number of pyridine rings is 1. The number of imidazole rings is 1. The molecule has 1 atom stereocenters. The van der Waals surface area contributed by atoms with E-state index in [2.05, 4.69) is 26.6 Å². The van der Waals surface area contributed by atoms with E-state index < -0.39 is 0 Å². The van der Waals surface area contributed by atoms with Crippen LogP contribution in [0.5, 0.6) is 0 Å². The molecule has 3 heterocycles. The van der Waals surface area contributed by atoms with Gasteiger partial charge in [-0.05, 0) is 36.8 Å². The predicted octanol–water partition coefficient (Wildman–Crippen LogP) is 2.58. The Morgan fingerprint density at radius 3 is 2.94 bits per heavy atom. The van der Waals surface area contributed by atoms with Gasteiger partial charge in [-0.3, -0.25) is 10.0 Å². The second kappa shape index (κ2) is 9.41. The van der Waals surface area contributed by atoms with Gasteiger partial charge in [-0.15, -0.1) is 0 Å². The van der Waals surface area contributed by atoms with Gasteiger partial charge in [-0.1, -0.05) is 20.4 Å².